The second-order valence-electron chi connectivity index (χ2n) is 5.17. The maximum atomic E-state index is 5.81. The van der Waals surface area contributed by atoms with E-state index >= 15 is 0 Å². The number of hydrogen-bond acceptors (Lipinski definition) is 1. The summed E-state index contributed by atoms with van der Waals surface area (Å²) in [7, 11) is 1.09. The van der Waals surface area contributed by atoms with E-state index in [0.717, 1.165) is 0 Å². The van der Waals surface area contributed by atoms with Crippen molar-refractivity contribution in [2.75, 3.05) is 7.11 Å². The van der Waals surface area contributed by atoms with E-state index in [-0.39, 0.29) is 17.0 Å². The van der Waals surface area contributed by atoms with Gasteiger partial charge in [-0.3, -0.25) is 0 Å². The lowest BCUT2D eigenvalue weighted by Gasteiger charge is -2.18. The zero-order valence-electron chi connectivity index (χ0n) is 12.7. The van der Waals surface area contributed by atoms with Crippen molar-refractivity contribution in [2.45, 2.75) is 27.7 Å². The van der Waals surface area contributed by atoms with Crippen LogP contribution in [0.15, 0.2) is 36.4 Å². The van der Waals surface area contributed by atoms with E-state index in [1.54, 1.807) is 7.11 Å². The fourth-order valence-electron chi connectivity index (χ4n) is 2.50. The third kappa shape index (κ3) is 4.15. The lowest BCUT2D eigenvalue weighted by molar-refractivity contribution is 0.474. The summed E-state index contributed by atoms with van der Waals surface area (Å²) in [5, 5.41) is 2.58. The Morgan fingerprint density at radius 1 is 0.650 bits per heavy atom. The van der Waals surface area contributed by atoms with Gasteiger partial charge in [0.25, 0.3) is 0 Å². The number of benzene rings is 2. The quantitative estimate of drug-likeness (QED) is 0.739. The number of hydrogen-bond donors (Lipinski definition) is 0. The zero-order valence-corrected chi connectivity index (χ0v) is 15.3. The highest BCUT2D eigenvalue weighted by atomic mass is 79.9. The van der Waals surface area contributed by atoms with Crippen LogP contribution in [0, 0.1) is 27.7 Å². The molecule has 108 valence electrons. The predicted molar refractivity (Wildman–Crippen MR) is 95.4 cm³/mol. The van der Waals surface area contributed by atoms with Gasteiger partial charge in [-0.2, -0.15) is 0 Å². The molecule has 0 amide bonds. The average Bonchev–Trinajstić information content (AvgIpc) is 2.27. The molecule has 2 aromatic rings. The second-order valence-corrected chi connectivity index (χ2v) is 7.16. The molecule has 0 N–H and O–H groups in total. The summed E-state index contributed by atoms with van der Waals surface area (Å²) in [6, 6.07) is 13.3. The van der Waals surface area contributed by atoms with Crippen molar-refractivity contribution >= 4 is 35.7 Å². The first-order valence-electron chi connectivity index (χ1n) is 6.50. The van der Waals surface area contributed by atoms with E-state index in [2.05, 4.69) is 64.1 Å². The molecule has 0 spiro atoms. The molecule has 0 atom stereocenters. The van der Waals surface area contributed by atoms with Gasteiger partial charge in [0.2, 0.25) is 0 Å². The van der Waals surface area contributed by atoms with Crippen LogP contribution in [0.3, 0.4) is 0 Å². The lowest BCUT2D eigenvalue weighted by atomic mass is 10.2. The van der Waals surface area contributed by atoms with Crippen molar-refractivity contribution in [2.24, 2.45) is 0 Å². The Hall–Kier alpha value is -0.690. The van der Waals surface area contributed by atoms with Crippen LogP contribution in [0.4, 0.5) is 0 Å². The minimum atomic E-state index is -0.713. The van der Waals surface area contributed by atoms with Gasteiger partial charge >= 0.3 is 0 Å². The summed E-state index contributed by atoms with van der Waals surface area (Å²) < 4.78 is 5.81. The molecule has 20 heavy (non-hydrogen) atoms. The first kappa shape index (κ1) is 17.4. The molecule has 2 rings (SSSR count). The van der Waals surface area contributed by atoms with E-state index in [1.807, 2.05) is 0 Å². The zero-order chi connectivity index (χ0) is 14.0. The van der Waals surface area contributed by atoms with Gasteiger partial charge in [0, 0.05) is 17.7 Å². The van der Waals surface area contributed by atoms with Crippen LogP contribution >= 0.6 is 25.1 Å². The molecule has 0 bridgehead atoms. The van der Waals surface area contributed by atoms with Gasteiger partial charge in [0.1, 0.15) is 0 Å². The fourth-order valence-corrected chi connectivity index (χ4v) is 4.50. The summed E-state index contributed by atoms with van der Waals surface area (Å²) in [6.45, 7) is 8.56. The van der Waals surface area contributed by atoms with Crippen molar-refractivity contribution in [3.05, 3.63) is 58.7 Å². The van der Waals surface area contributed by atoms with Crippen LogP contribution in [0.25, 0.3) is 0 Å². The maximum absolute atomic E-state index is 5.81. The smallest absolute Gasteiger partial charge is 0.0913 e. The highest BCUT2D eigenvalue weighted by molar-refractivity contribution is 8.93. The normalized spacial score (nSPS) is 10.5. The van der Waals surface area contributed by atoms with Gasteiger partial charge in [0.05, 0.1) is 8.15 Å². The Kier molecular flexibility index (Phi) is 6.39. The molecule has 0 aliphatic heterocycles. The molecule has 0 aliphatic carbocycles. The van der Waals surface area contributed by atoms with Crippen LogP contribution < -0.4 is 10.6 Å². The van der Waals surface area contributed by atoms with Gasteiger partial charge in [-0.05, 0) is 52.0 Å². The van der Waals surface area contributed by atoms with Gasteiger partial charge < -0.3 is 4.52 Å². The first-order valence-corrected chi connectivity index (χ1v) is 7.76. The largest absolute Gasteiger partial charge is 0.353 e. The van der Waals surface area contributed by atoms with Gasteiger partial charge in [-0.1, -0.05) is 34.4 Å². The SMILES string of the molecule is Br.COP(c1cc(C)cc(C)c1)c1cc(C)cc(C)c1. The van der Waals surface area contributed by atoms with Crippen LogP contribution in [0.2, 0.25) is 0 Å². The Balaban J connectivity index is 0.00000200. The number of aryl methyl sites for hydroxylation is 4. The Labute approximate surface area is 134 Å². The monoisotopic (exact) mass is 352 g/mol. The van der Waals surface area contributed by atoms with Crippen molar-refractivity contribution in [3.8, 4) is 0 Å². The maximum Gasteiger partial charge on any atom is 0.0913 e. The van der Waals surface area contributed by atoms with Gasteiger partial charge in [-0.15, -0.1) is 17.0 Å². The van der Waals surface area contributed by atoms with E-state index in [0.29, 0.717) is 0 Å². The molecule has 0 aliphatic rings. The van der Waals surface area contributed by atoms with E-state index < -0.39 is 8.15 Å². The van der Waals surface area contributed by atoms with Crippen LogP contribution in [-0.4, -0.2) is 7.11 Å². The fraction of sp³-hybridized carbons (Fsp3) is 0.294. The van der Waals surface area contributed by atoms with Crippen molar-refractivity contribution < 1.29 is 4.52 Å². The van der Waals surface area contributed by atoms with Crippen LogP contribution in [-0.2, 0) is 4.52 Å². The predicted octanol–water partition coefficient (Wildman–Crippen LogP) is 4.49. The van der Waals surface area contributed by atoms with Crippen molar-refractivity contribution in [3.63, 3.8) is 0 Å². The van der Waals surface area contributed by atoms with Crippen LogP contribution in [0.1, 0.15) is 22.3 Å². The summed E-state index contributed by atoms with van der Waals surface area (Å²) in [5.41, 5.74) is 5.18. The van der Waals surface area contributed by atoms with E-state index in [1.165, 1.54) is 32.9 Å². The standard InChI is InChI=1S/C17H21OP.BrH/c1-12-6-13(2)9-16(8-12)19(18-5)17-10-14(3)7-15(4)11-17;/h6-11H,1-5H3;1H. The van der Waals surface area contributed by atoms with Gasteiger partial charge in [0.15, 0.2) is 0 Å². The summed E-state index contributed by atoms with van der Waals surface area (Å²) in [4.78, 5) is 0. The molecule has 0 saturated carbocycles. The first-order chi connectivity index (χ1) is 8.99. The molecule has 0 unspecified atom stereocenters. The van der Waals surface area contributed by atoms with Crippen LogP contribution in [0.5, 0.6) is 0 Å². The third-order valence-corrected chi connectivity index (χ3v) is 4.88. The summed E-state index contributed by atoms with van der Waals surface area (Å²) >= 11 is 0. The molecule has 3 heteroatoms. The topological polar surface area (TPSA) is 9.23 Å². The van der Waals surface area contributed by atoms with E-state index in [9.17, 15) is 0 Å². The van der Waals surface area contributed by atoms with Gasteiger partial charge in [-0.25, -0.2) is 0 Å². The Morgan fingerprint density at radius 3 is 1.20 bits per heavy atom. The Bertz CT molecular complexity index is 504. The van der Waals surface area contributed by atoms with Crippen molar-refractivity contribution in [1.29, 1.82) is 0 Å². The average molecular weight is 353 g/mol. The highest BCUT2D eigenvalue weighted by Crippen LogP contribution is 2.34. The molecule has 1 nitrogen and oxygen atoms in total. The van der Waals surface area contributed by atoms with Crippen molar-refractivity contribution in [1.82, 2.24) is 0 Å². The highest BCUT2D eigenvalue weighted by Gasteiger charge is 2.15. The lowest BCUT2D eigenvalue weighted by Crippen LogP contribution is -2.14. The molecular formula is C17H22BrOP. The number of rotatable bonds is 3. The summed E-state index contributed by atoms with van der Waals surface area (Å²) in [6.07, 6.45) is 0. The van der Waals surface area contributed by atoms with E-state index in [4.69, 9.17) is 4.52 Å². The second kappa shape index (κ2) is 7.36. The molecule has 0 saturated heterocycles. The molecule has 0 radical (unpaired) electrons. The minimum absolute atomic E-state index is 0. The third-order valence-electron chi connectivity index (χ3n) is 3.06. The molecular weight excluding hydrogens is 331 g/mol. The molecule has 0 aromatic heterocycles. The minimum Gasteiger partial charge on any atom is -0.353 e. The summed E-state index contributed by atoms with van der Waals surface area (Å²) in [5.74, 6) is 0. The molecule has 0 fully saturated rings. The number of halogens is 1. The Morgan fingerprint density at radius 2 is 0.950 bits per heavy atom. The molecule has 0 heterocycles. The molecule has 2 aromatic carbocycles.